The van der Waals surface area contributed by atoms with E-state index in [-0.39, 0.29) is 12.2 Å². The van der Waals surface area contributed by atoms with Crippen molar-refractivity contribution in [2.75, 3.05) is 13.1 Å². The van der Waals surface area contributed by atoms with Gasteiger partial charge in [0.05, 0.1) is 0 Å². The number of halogens is 1. The lowest BCUT2D eigenvalue weighted by atomic mass is 9.92. The first-order valence-corrected chi connectivity index (χ1v) is 8.93. The van der Waals surface area contributed by atoms with Gasteiger partial charge in [0.1, 0.15) is 17.5 Å². The van der Waals surface area contributed by atoms with Crippen LogP contribution in [0.5, 0.6) is 5.75 Å². The lowest BCUT2D eigenvalue weighted by Crippen LogP contribution is -2.38. The van der Waals surface area contributed by atoms with E-state index in [1.807, 2.05) is 45.0 Å². The van der Waals surface area contributed by atoms with Gasteiger partial charge in [0.25, 0.3) is 0 Å². The molecule has 0 radical (unpaired) electrons. The summed E-state index contributed by atoms with van der Waals surface area (Å²) in [6.07, 6.45) is 0.744. The van der Waals surface area contributed by atoms with Crippen molar-refractivity contribution in [1.82, 2.24) is 4.90 Å². The van der Waals surface area contributed by atoms with Gasteiger partial charge in [-0.15, -0.1) is 0 Å². The van der Waals surface area contributed by atoms with Crippen molar-refractivity contribution in [2.24, 2.45) is 11.8 Å². The van der Waals surface area contributed by atoms with Gasteiger partial charge in [-0.3, -0.25) is 0 Å². The second-order valence-electron chi connectivity index (χ2n) is 7.76. The van der Waals surface area contributed by atoms with Gasteiger partial charge in [0.15, 0.2) is 0 Å². The lowest BCUT2D eigenvalue weighted by molar-refractivity contribution is 0.0262. The summed E-state index contributed by atoms with van der Waals surface area (Å²) >= 11 is 5.93. The van der Waals surface area contributed by atoms with Gasteiger partial charge in [-0.25, -0.2) is 4.79 Å². The highest BCUT2D eigenvalue weighted by Gasteiger charge is 2.36. The summed E-state index contributed by atoms with van der Waals surface area (Å²) in [4.78, 5) is 14.0. The van der Waals surface area contributed by atoms with Crippen LogP contribution < -0.4 is 4.74 Å². The third-order valence-electron chi connectivity index (χ3n) is 4.08. The molecule has 1 fully saturated rings. The fourth-order valence-corrected chi connectivity index (χ4v) is 3.12. The van der Waals surface area contributed by atoms with Crippen molar-refractivity contribution in [3.05, 3.63) is 29.3 Å². The highest BCUT2D eigenvalue weighted by atomic mass is 35.5. The standard InChI is InChI=1S/C19H28ClNO3/c1-13(2)17(23-16-8-6-15(20)7-9-16)14-10-11-21(12-14)18(22)24-19(3,4)5/h6-9,13-14,17H,10-12H2,1-5H3. The zero-order chi connectivity index (χ0) is 17.9. The van der Waals surface area contributed by atoms with Crippen LogP contribution in [0.4, 0.5) is 4.79 Å². The first-order valence-electron chi connectivity index (χ1n) is 8.56. The number of hydrogen-bond acceptors (Lipinski definition) is 3. The average molecular weight is 354 g/mol. The quantitative estimate of drug-likeness (QED) is 0.764. The van der Waals surface area contributed by atoms with Crippen LogP contribution in [0.15, 0.2) is 24.3 Å². The second kappa shape index (κ2) is 7.64. The average Bonchev–Trinajstić information content (AvgIpc) is 2.94. The highest BCUT2D eigenvalue weighted by molar-refractivity contribution is 6.30. The zero-order valence-corrected chi connectivity index (χ0v) is 16.0. The molecule has 0 saturated carbocycles. The summed E-state index contributed by atoms with van der Waals surface area (Å²) in [5, 5.41) is 0.695. The molecule has 1 aromatic rings. The Bertz CT molecular complexity index is 551. The molecule has 134 valence electrons. The van der Waals surface area contributed by atoms with Gasteiger partial charge < -0.3 is 14.4 Å². The number of ether oxygens (including phenoxy) is 2. The van der Waals surface area contributed by atoms with Gasteiger partial charge in [0.2, 0.25) is 0 Å². The summed E-state index contributed by atoms with van der Waals surface area (Å²) in [6.45, 7) is 11.3. The smallest absolute Gasteiger partial charge is 0.410 e. The maximum atomic E-state index is 12.2. The van der Waals surface area contributed by atoms with E-state index in [0.29, 0.717) is 29.9 Å². The number of carbonyl (C=O) groups excluding carboxylic acids is 1. The predicted molar refractivity (Wildman–Crippen MR) is 96.6 cm³/mol. The van der Waals surface area contributed by atoms with Crippen molar-refractivity contribution in [2.45, 2.75) is 52.7 Å². The van der Waals surface area contributed by atoms with Crippen LogP contribution in [-0.2, 0) is 4.74 Å². The molecule has 4 nitrogen and oxygen atoms in total. The van der Waals surface area contributed by atoms with E-state index >= 15 is 0 Å². The topological polar surface area (TPSA) is 38.8 Å². The van der Waals surface area contributed by atoms with Gasteiger partial charge in [-0.2, -0.15) is 0 Å². The molecule has 5 heteroatoms. The van der Waals surface area contributed by atoms with Gasteiger partial charge in [-0.05, 0) is 57.4 Å². The van der Waals surface area contributed by atoms with Gasteiger partial charge in [0, 0.05) is 24.0 Å². The summed E-state index contributed by atoms with van der Waals surface area (Å²) in [6, 6.07) is 7.43. The van der Waals surface area contributed by atoms with E-state index in [0.717, 1.165) is 12.2 Å². The van der Waals surface area contributed by atoms with Crippen LogP contribution in [0, 0.1) is 11.8 Å². The Labute approximate surface area is 150 Å². The monoisotopic (exact) mass is 353 g/mol. The molecule has 1 heterocycles. The number of likely N-dealkylation sites (tertiary alicyclic amines) is 1. The van der Waals surface area contributed by atoms with E-state index in [1.54, 1.807) is 4.90 Å². The molecule has 24 heavy (non-hydrogen) atoms. The number of benzene rings is 1. The Morgan fingerprint density at radius 3 is 2.42 bits per heavy atom. The molecular weight excluding hydrogens is 326 g/mol. The van der Waals surface area contributed by atoms with Crippen LogP contribution in [-0.4, -0.2) is 35.8 Å². The summed E-state index contributed by atoms with van der Waals surface area (Å²) in [5.41, 5.74) is -0.466. The minimum absolute atomic E-state index is 0.0543. The third kappa shape index (κ3) is 5.30. The molecule has 1 amide bonds. The minimum Gasteiger partial charge on any atom is -0.490 e. The maximum absolute atomic E-state index is 12.2. The van der Waals surface area contributed by atoms with E-state index in [9.17, 15) is 4.79 Å². The molecule has 2 atom stereocenters. The molecule has 1 aromatic carbocycles. The highest BCUT2D eigenvalue weighted by Crippen LogP contribution is 2.29. The van der Waals surface area contributed by atoms with E-state index in [4.69, 9.17) is 21.1 Å². The van der Waals surface area contributed by atoms with E-state index in [2.05, 4.69) is 13.8 Å². The summed E-state index contributed by atoms with van der Waals surface area (Å²) in [5.74, 6) is 1.46. The Hall–Kier alpha value is -1.42. The summed E-state index contributed by atoms with van der Waals surface area (Å²) in [7, 11) is 0. The maximum Gasteiger partial charge on any atom is 0.410 e. The number of hydrogen-bond donors (Lipinski definition) is 0. The van der Waals surface area contributed by atoms with Crippen LogP contribution >= 0.6 is 11.6 Å². The normalized spacial score (nSPS) is 19.5. The molecule has 1 saturated heterocycles. The Balaban J connectivity index is 1.99. The third-order valence-corrected chi connectivity index (χ3v) is 4.34. The van der Waals surface area contributed by atoms with Crippen molar-refractivity contribution in [1.29, 1.82) is 0 Å². The zero-order valence-electron chi connectivity index (χ0n) is 15.2. The van der Waals surface area contributed by atoms with Crippen LogP contribution in [0.25, 0.3) is 0 Å². The van der Waals surface area contributed by atoms with Crippen LogP contribution in [0.2, 0.25) is 5.02 Å². The predicted octanol–water partition coefficient (Wildman–Crippen LogP) is 5.00. The number of carbonyl (C=O) groups is 1. The van der Waals surface area contributed by atoms with Gasteiger partial charge in [-0.1, -0.05) is 25.4 Å². The molecule has 2 rings (SSSR count). The largest absolute Gasteiger partial charge is 0.490 e. The van der Waals surface area contributed by atoms with Crippen LogP contribution in [0.1, 0.15) is 41.0 Å². The first-order chi connectivity index (χ1) is 11.2. The molecule has 0 N–H and O–H groups in total. The minimum atomic E-state index is -0.466. The Morgan fingerprint density at radius 2 is 1.88 bits per heavy atom. The molecule has 0 bridgehead atoms. The second-order valence-corrected chi connectivity index (χ2v) is 8.19. The Kier molecular flexibility index (Phi) is 6.02. The number of rotatable bonds is 4. The molecule has 1 aliphatic heterocycles. The molecule has 1 aliphatic rings. The van der Waals surface area contributed by atoms with Gasteiger partial charge >= 0.3 is 6.09 Å². The molecule has 0 spiro atoms. The SMILES string of the molecule is CC(C)C(Oc1ccc(Cl)cc1)C1CCN(C(=O)OC(C)(C)C)C1. The fourth-order valence-electron chi connectivity index (χ4n) is 2.99. The summed E-state index contributed by atoms with van der Waals surface area (Å²) < 4.78 is 11.7. The fraction of sp³-hybridized carbons (Fsp3) is 0.632. The van der Waals surface area contributed by atoms with Crippen molar-refractivity contribution in [3.8, 4) is 5.75 Å². The van der Waals surface area contributed by atoms with Crippen molar-refractivity contribution in [3.63, 3.8) is 0 Å². The lowest BCUT2D eigenvalue weighted by Gasteiger charge is -2.29. The van der Waals surface area contributed by atoms with E-state index < -0.39 is 5.60 Å². The molecule has 2 unspecified atom stereocenters. The number of amides is 1. The van der Waals surface area contributed by atoms with Crippen molar-refractivity contribution < 1.29 is 14.3 Å². The molecule has 0 aliphatic carbocycles. The molecule has 0 aromatic heterocycles. The van der Waals surface area contributed by atoms with E-state index in [1.165, 1.54) is 0 Å². The van der Waals surface area contributed by atoms with Crippen molar-refractivity contribution >= 4 is 17.7 Å². The first kappa shape index (κ1) is 18.9. The molecular formula is C19H28ClNO3. The van der Waals surface area contributed by atoms with Crippen LogP contribution in [0.3, 0.4) is 0 Å². The number of nitrogens with zero attached hydrogens (tertiary/aromatic N) is 1. The Morgan fingerprint density at radius 1 is 1.25 bits per heavy atom.